The summed E-state index contributed by atoms with van der Waals surface area (Å²) in [5, 5.41) is 17.6. The van der Waals surface area contributed by atoms with Crippen molar-refractivity contribution in [2.75, 3.05) is 5.32 Å². The minimum atomic E-state index is -4.72. The number of amides is 2. The number of hydrogen-bond acceptors (Lipinski definition) is 8. The maximum Gasteiger partial charge on any atom is 0.433 e. The van der Waals surface area contributed by atoms with E-state index < -0.39 is 46.8 Å². The number of nitrogens with one attached hydrogen (secondary N) is 1. The summed E-state index contributed by atoms with van der Waals surface area (Å²) < 4.78 is 59.3. The minimum Gasteiger partial charge on any atom is -0.464 e. The fraction of sp³-hybridized carbons (Fsp3) is 0.143. The molecule has 0 atom stereocenters. The fourth-order valence-electron chi connectivity index (χ4n) is 3.34. The van der Waals surface area contributed by atoms with Crippen LogP contribution in [0.1, 0.15) is 31.4 Å². The number of fused-ring (bicyclic) bond motifs is 1. The summed E-state index contributed by atoms with van der Waals surface area (Å²) in [5.41, 5.74) is 3.53. The first kappa shape index (κ1) is 25.5. The number of alkyl halides is 3. The van der Waals surface area contributed by atoms with Gasteiger partial charge in [0.25, 0.3) is 11.8 Å². The summed E-state index contributed by atoms with van der Waals surface area (Å²) in [5.74, 6) is -2.94. The number of thiophene rings is 1. The molecule has 0 radical (unpaired) electrons. The summed E-state index contributed by atoms with van der Waals surface area (Å²) in [4.78, 5) is 38.3. The van der Waals surface area contributed by atoms with E-state index in [9.17, 15) is 37.3 Å². The molecule has 0 aliphatic rings. The lowest BCUT2D eigenvalue weighted by Crippen LogP contribution is -2.18. The predicted molar refractivity (Wildman–Crippen MR) is 122 cm³/mol. The third-order valence-corrected chi connectivity index (χ3v) is 6.05. The van der Waals surface area contributed by atoms with E-state index in [0.717, 1.165) is 28.9 Å². The maximum absolute atomic E-state index is 13.5. The van der Waals surface area contributed by atoms with Crippen molar-refractivity contribution in [3.63, 3.8) is 0 Å². The lowest BCUT2D eigenvalue weighted by atomic mass is 10.1. The van der Waals surface area contributed by atoms with Crippen LogP contribution in [0.2, 0.25) is 0 Å². The van der Waals surface area contributed by atoms with Gasteiger partial charge in [0, 0.05) is 23.7 Å². The van der Waals surface area contributed by atoms with E-state index >= 15 is 0 Å². The number of halogens is 4. The first-order valence-electron chi connectivity index (χ1n) is 10.1. The number of benzene rings is 1. The van der Waals surface area contributed by atoms with E-state index in [4.69, 9.17) is 10.5 Å². The van der Waals surface area contributed by atoms with Crippen LogP contribution in [-0.4, -0.2) is 31.5 Å². The van der Waals surface area contributed by atoms with Crippen molar-refractivity contribution >= 4 is 44.7 Å². The minimum absolute atomic E-state index is 0.104. The van der Waals surface area contributed by atoms with Gasteiger partial charge in [0.1, 0.15) is 21.2 Å². The Bertz CT molecular complexity index is 1570. The number of nitro groups is 1. The van der Waals surface area contributed by atoms with Crippen LogP contribution in [0.3, 0.4) is 0 Å². The average Bonchev–Trinajstić information content (AvgIpc) is 3.42. The normalized spacial score (nSPS) is 11.5. The molecule has 37 heavy (non-hydrogen) atoms. The molecular formula is C21H14F4N6O5S. The summed E-state index contributed by atoms with van der Waals surface area (Å²) >= 11 is 0.598. The van der Waals surface area contributed by atoms with Crippen molar-refractivity contribution in [2.45, 2.75) is 19.8 Å². The monoisotopic (exact) mass is 538 g/mol. The third kappa shape index (κ3) is 5.18. The Kier molecular flexibility index (Phi) is 6.51. The molecule has 0 aliphatic heterocycles. The summed E-state index contributed by atoms with van der Waals surface area (Å²) in [7, 11) is 0. The van der Waals surface area contributed by atoms with Gasteiger partial charge in [-0.15, -0.1) is 11.3 Å². The van der Waals surface area contributed by atoms with E-state index in [2.05, 4.69) is 15.4 Å². The molecule has 11 nitrogen and oxygen atoms in total. The van der Waals surface area contributed by atoms with E-state index in [-0.39, 0.29) is 37.8 Å². The number of carbonyl (C=O) groups is 2. The molecule has 0 aliphatic carbocycles. The number of aryl methyl sites for hydroxylation is 1. The zero-order valence-corrected chi connectivity index (χ0v) is 19.3. The van der Waals surface area contributed by atoms with Gasteiger partial charge in [-0.2, -0.15) is 18.3 Å². The molecule has 4 aromatic rings. The molecule has 4 rings (SSSR count). The topological polar surface area (TPSA) is 155 Å². The number of carbonyl (C=O) groups excluding carboxylic acids is 2. The van der Waals surface area contributed by atoms with Gasteiger partial charge in [-0.3, -0.25) is 19.7 Å². The number of nitro benzene ring substituents is 1. The number of anilines is 1. The molecule has 192 valence electrons. The number of pyridine rings is 1. The second-order valence-electron chi connectivity index (χ2n) is 7.51. The second kappa shape index (κ2) is 9.45. The number of rotatable bonds is 7. The Hall–Kier alpha value is -4.60. The second-order valence-corrected chi connectivity index (χ2v) is 8.51. The summed E-state index contributed by atoms with van der Waals surface area (Å²) in [6.45, 7) is 0.943. The number of nitrogens with two attached hydrogens (primary N) is 1. The van der Waals surface area contributed by atoms with Gasteiger partial charge >= 0.3 is 11.9 Å². The molecule has 0 saturated heterocycles. The Labute approximate surface area is 207 Å². The first-order chi connectivity index (χ1) is 17.3. The molecule has 1 aromatic carbocycles. The van der Waals surface area contributed by atoms with Crippen LogP contribution >= 0.6 is 11.3 Å². The highest BCUT2D eigenvalue weighted by atomic mass is 32.1. The van der Waals surface area contributed by atoms with E-state index in [1.807, 2.05) is 0 Å². The molecule has 0 unspecified atom stereocenters. The van der Waals surface area contributed by atoms with Crippen molar-refractivity contribution in [1.29, 1.82) is 0 Å². The Balaban J connectivity index is 1.59. The van der Waals surface area contributed by atoms with Crippen molar-refractivity contribution in [3.05, 3.63) is 74.3 Å². The Morgan fingerprint density at radius 3 is 2.65 bits per heavy atom. The number of nitrogens with zero attached hydrogens (tertiary/aromatic N) is 4. The van der Waals surface area contributed by atoms with Crippen LogP contribution in [0, 0.1) is 22.9 Å². The van der Waals surface area contributed by atoms with Gasteiger partial charge in [0.15, 0.2) is 12.4 Å². The standard InChI is InChI=1S/C21H14F4N6O5S/c1-9-6-14(21(23,24)25)27-20-15(9)16(17(37-20)18(26)32)28-19(33)11-4-5-30(29-11)8-36-13-7-10(22)2-3-12(13)31(34)35/h2-7H,8H2,1H3,(H2,26,32)(H,28,33). The van der Waals surface area contributed by atoms with E-state index in [1.54, 1.807) is 0 Å². The molecule has 0 saturated carbocycles. The van der Waals surface area contributed by atoms with E-state index in [0.29, 0.717) is 11.3 Å². The van der Waals surface area contributed by atoms with E-state index in [1.165, 1.54) is 19.2 Å². The van der Waals surface area contributed by atoms with Gasteiger partial charge in [0.05, 0.1) is 10.6 Å². The molecule has 0 bridgehead atoms. The molecule has 0 spiro atoms. The van der Waals surface area contributed by atoms with Crippen molar-refractivity contribution in [3.8, 4) is 5.75 Å². The molecule has 2 amide bonds. The highest BCUT2D eigenvalue weighted by Gasteiger charge is 2.34. The van der Waals surface area contributed by atoms with Crippen LogP contribution in [0.4, 0.5) is 28.9 Å². The average molecular weight is 538 g/mol. The van der Waals surface area contributed by atoms with Gasteiger partial charge in [-0.1, -0.05) is 0 Å². The van der Waals surface area contributed by atoms with Crippen LogP contribution in [0.15, 0.2) is 36.5 Å². The van der Waals surface area contributed by atoms with Crippen molar-refractivity contribution < 1.29 is 36.8 Å². The highest BCUT2D eigenvalue weighted by molar-refractivity contribution is 7.21. The zero-order valence-electron chi connectivity index (χ0n) is 18.5. The molecule has 3 N–H and O–H groups in total. The van der Waals surface area contributed by atoms with Crippen molar-refractivity contribution in [1.82, 2.24) is 14.8 Å². The maximum atomic E-state index is 13.5. The third-order valence-electron chi connectivity index (χ3n) is 4.96. The van der Waals surface area contributed by atoms with Crippen LogP contribution in [-0.2, 0) is 12.9 Å². The number of primary amides is 1. The molecule has 3 aromatic heterocycles. The Morgan fingerprint density at radius 1 is 1.27 bits per heavy atom. The fourth-order valence-corrected chi connectivity index (χ4v) is 4.40. The molecular weight excluding hydrogens is 524 g/mol. The van der Waals surface area contributed by atoms with Crippen LogP contribution in [0.5, 0.6) is 5.75 Å². The lowest BCUT2D eigenvalue weighted by molar-refractivity contribution is -0.386. The zero-order chi connectivity index (χ0) is 27.1. The van der Waals surface area contributed by atoms with Gasteiger partial charge in [0.2, 0.25) is 5.75 Å². The smallest absolute Gasteiger partial charge is 0.433 e. The first-order valence-corrected chi connectivity index (χ1v) is 10.9. The molecule has 0 fully saturated rings. The highest BCUT2D eigenvalue weighted by Crippen LogP contribution is 2.39. The Morgan fingerprint density at radius 2 is 2.00 bits per heavy atom. The van der Waals surface area contributed by atoms with Gasteiger partial charge in [-0.25, -0.2) is 14.1 Å². The molecule has 3 heterocycles. The number of hydrogen-bond donors (Lipinski definition) is 2. The van der Waals surface area contributed by atoms with Crippen LogP contribution < -0.4 is 15.8 Å². The largest absolute Gasteiger partial charge is 0.464 e. The van der Waals surface area contributed by atoms with Gasteiger partial charge < -0.3 is 15.8 Å². The predicted octanol–water partition coefficient (Wildman–Crippen LogP) is 4.26. The summed E-state index contributed by atoms with van der Waals surface area (Å²) in [6, 6.07) is 4.69. The SMILES string of the molecule is Cc1cc(C(F)(F)F)nc2sc(C(N)=O)c(NC(=O)c3ccn(COc4cc(F)ccc4[N+](=O)[O-])n3)c12. The summed E-state index contributed by atoms with van der Waals surface area (Å²) in [6.07, 6.45) is -3.43. The van der Waals surface area contributed by atoms with Crippen molar-refractivity contribution in [2.24, 2.45) is 5.73 Å². The quantitative estimate of drug-likeness (QED) is 0.202. The van der Waals surface area contributed by atoms with Gasteiger partial charge in [-0.05, 0) is 30.7 Å². The van der Waals surface area contributed by atoms with Crippen LogP contribution in [0.25, 0.3) is 10.2 Å². The lowest BCUT2D eigenvalue weighted by Gasteiger charge is -2.09. The number of aromatic nitrogens is 3. The number of ether oxygens (including phenoxy) is 1. The molecule has 16 heteroatoms.